The van der Waals surface area contributed by atoms with E-state index >= 15 is 0 Å². The van der Waals surface area contributed by atoms with E-state index in [9.17, 15) is 0 Å². The molecule has 1 aliphatic heterocycles. The van der Waals surface area contributed by atoms with Gasteiger partial charge in [0.2, 0.25) is 0 Å². The van der Waals surface area contributed by atoms with Crippen LogP contribution in [0.25, 0.3) is 10.9 Å². The topological polar surface area (TPSA) is 53.2 Å². The highest BCUT2D eigenvalue weighted by Crippen LogP contribution is 2.37. The van der Waals surface area contributed by atoms with E-state index in [1.807, 2.05) is 13.3 Å². The van der Waals surface area contributed by atoms with Crippen molar-refractivity contribution < 1.29 is 4.74 Å². The predicted octanol–water partition coefficient (Wildman–Crippen LogP) is 4.67. The summed E-state index contributed by atoms with van der Waals surface area (Å²) in [7, 11) is 1.84. The molecule has 0 unspecified atom stereocenters. The van der Waals surface area contributed by atoms with Gasteiger partial charge in [0.1, 0.15) is 5.82 Å². The molecule has 1 saturated heterocycles. The van der Waals surface area contributed by atoms with Crippen molar-refractivity contribution in [3.05, 3.63) is 59.9 Å². The van der Waals surface area contributed by atoms with Crippen molar-refractivity contribution in [1.29, 1.82) is 0 Å². The van der Waals surface area contributed by atoms with Gasteiger partial charge in [-0.2, -0.15) is 0 Å². The molecule has 30 heavy (non-hydrogen) atoms. The van der Waals surface area contributed by atoms with Crippen molar-refractivity contribution in [3.63, 3.8) is 0 Å². The summed E-state index contributed by atoms with van der Waals surface area (Å²) in [6.07, 6.45) is 8.80. The molecule has 3 aromatic rings. The second-order valence-corrected chi connectivity index (χ2v) is 8.75. The van der Waals surface area contributed by atoms with Gasteiger partial charge in [-0.3, -0.25) is 0 Å². The summed E-state index contributed by atoms with van der Waals surface area (Å²) in [4.78, 5) is 10.4. The third-order valence-corrected chi connectivity index (χ3v) is 6.55. The van der Waals surface area contributed by atoms with Crippen LogP contribution < -0.4 is 10.2 Å². The number of aryl methyl sites for hydroxylation is 1. The van der Waals surface area contributed by atoms with Crippen LogP contribution in [0.3, 0.4) is 0 Å². The Balaban J connectivity index is 1.25. The third kappa shape index (κ3) is 4.85. The van der Waals surface area contributed by atoms with Crippen molar-refractivity contribution in [1.82, 2.24) is 15.3 Å². The lowest BCUT2D eigenvalue weighted by molar-refractivity contribution is 0.0504. The molecule has 0 spiro atoms. The number of aromatic nitrogens is 2. The largest absolute Gasteiger partial charge is 0.384 e. The van der Waals surface area contributed by atoms with E-state index in [1.165, 1.54) is 47.7 Å². The minimum atomic E-state index is 0.290. The summed E-state index contributed by atoms with van der Waals surface area (Å²) in [5.41, 5.74) is 4.06. The zero-order chi connectivity index (χ0) is 20.8. The fourth-order valence-corrected chi connectivity index (χ4v) is 4.72. The Kier molecular flexibility index (Phi) is 6.70. The molecular weight excluding hydrogens is 372 g/mol. The van der Waals surface area contributed by atoms with Crippen LogP contribution in [-0.4, -0.2) is 43.3 Å². The van der Waals surface area contributed by atoms with E-state index in [-0.39, 0.29) is 0 Å². The molecule has 2 N–H and O–H groups in total. The zero-order valence-corrected chi connectivity index (χ0v) is 18.3. The third-order valence-electron chi connectivity index (χ3n) is 6.55. The molecule has 0 bridgehead atoms. The first-order valence-electron chi connectivity index (χ1n) is 11.1. The number of nitrogens with one attached hydrogen (secondary N) is 2. The zero-order valence-electron chi connectivity index (χ0n) is 18.3. The summed E-state index contributed by atoms with van der Waals surface area (Å²) < 4.78 is 5.65. The van der Waals surface area contributed by atoms with Gasteiger partial charge in [-0.1, -0.05) is 24.3 Å². The molecule has 160 valence electrons. The highest BCUT2D eigenvalue weighted by molar-refractivity contribution is 5.82. The quantitative estimate of drug-likeness (QED) is 0.507. The van der Waals surface area contributed by atoms with Gasteiger partial charge in [0.15, 0.2) is 0 Å². The fourth-order valence-electron chi connectivity index (χ4n) is 4.72. The van der Waals surface area contributed by atoms with E-state index < -0.39 is 0 Å². The van der Waals surface area contributed by atoms with Crippen LogP contribution in [0.2, 0.25) is 0 Å². The maximum absolute atomic E-state index is 5.65. The summed E-state index contributed by atoms with van der Waals surface area (Å²) in [6, 6.07) is 12.8. The van der Waals surface area contributed by atoms with Crippen molar-refractivity contribution in [2.24, 2.45) is 5.41 Å². The van der Waals surface area contributed by atoms with Crippen molar-refractivity contribution in [2.45, 2.75) is 39.2 Å². The lowest BCUT2D eigenvalue weighted by Crippen LogP contribution is -2.43. The minimum Gasteiger partial charge on any atom is -0.384 e. The standard InChI is InChI=1S/C25H34N4O/c1-20-8-9-24(28-16-20)29-14-11-25(12-15-29,19-30-2)10-5-13-26-17-21-18-27-23-7-4-3-6-22(21)23/h3-4,6-9,16,18,26-27H,5,10-15,17,19H2,1-2H3. The number of ether oxygens (including phenoxy) is 1. The van der Waals surface area contributed by atoms with Gasteiger partial charge < -0.3 is 19.9 Å². The van der Waals surface area contributed by atoms with E-state index in [1.54, 1.807) is 0 Å². The van der Waals surface area contributed by atoms with Crippen molar-refractivity contribution in [2.75, 3.05) is 38.3 Å². The van der Waals surface area contributed by atoms with E-state index in [4.69, 9.17) is 4.74 Å². The summed E-state index contributed by atoms with van der Waals surface area (Å²) in [5, 5.41) is 4.96. The number of fused-ring (bicyclic) bond motifs is 1. The van der Waals surface area contributed by atoms with E-state index in [2.05, 4.69) is 69.7 Å². The number of methoxy groups -OCH3 is 1. The molecule has 1 aromatic carbocycles. The Bertz CT molecular complexity index is 926. The molecule has 2 aromatic heterocycles. The molecule has 4 rings (SSSR count). The van der Waals surface area contributed by atoms with Crippen LogP contribution in [-0.2, 0) is 11.3 Å². The summed E-state index contributed by atoms with van der Waals surface area (Å²) in [6.45, 7) is 7.00. The normalized spacial score (nSPS) is 16.3. The number of aromatic amines is 1. The number of benzene rings is 1. The van der Waals surface area contributed by atoms with Crippen LogP contribution >= 0.6 is 0 Å². The molecular formula is C25H34N4O. The molecule has 5 nitrogen and oxygen atoms in total. The van der Waals surface area contributed by atoms with Crippen LogP contribution in [0.15, 0.2) is 48.8 Å². The number of H-pyrrole nitrogens is 1. The highest BCUT2D eigenvalue weighted by Gasteiger charge is 2.34. The lowest BCUT2D eigenvalue weighted by atomic mass is 9.75. The lowest BCUT2D eigenvalue weighted by Gasteiger charge is -2.42. The van der Waals surface area contributed by atoms with Crippen LogP contribution in [0.5, 0.6) is 0 Å². The maximum Gasteiger partial charge on any atom is 0.128 e. The molecule has 0 saturated carbocycles. The van der Waals surface area contributed by atoms with Gasteiger partial charge in [-0.25, -0.2) is 4.98 Å². The van der Waals surface area contributed by atoms with Gasteiger partial charge in [-0.05, 0) is 67.8 Å². The van der Waals surface area contributed by atoms with Gasteiger partial charge >= 0.3 is 0 Å². The molecule has 3 heterocycles. The fraction of sp³-hybridized carbons (Fsp3) is 0.480. The predicted molar refractivity (Wildman–Crippen MR) is 124 cm³/mol. The van der Waals surface area contributed by atoms with Gasteiger partial charge in [0.05, 0.1) is 6.61 Å². The highest BCUT2D eigenvalue weighted by atomic mass is 16.5. The Labute approximate surface area is 179 Å². The number of nitrogens with zero attached hydrogens (tertiary/aromatic N) is 2. The van der Waals surface area contributed by atoms with Crippen LogP contribution in [0, 0.1) is 12.3 Å². The molecule has 0 amide bonds. The smallest absolute Gasteiger partial charge is 0.128 e. The SMILES string of the molecule is COCC1(CCCNCc2c[nH]c3ccccc23)CCN(c2ccc(C)cn2)CC1. The number of hydrogen-bond acceptors (Lipinski definition) is 4. The first-order valence-corrected chi connectivity index (χ1v) is 11.1. The second-order valence-electron chi connectivity index (χ2n) is 8.75. The van der Waals surface area contributed by atoms with Gasteiger partial charge in [0.25, 0.3) is 0 Å². The summed E-state index contributed by atoms with van der Waals surface area (Å²) >= 11 is 0. The Morgan fingerprint density at radius 2 is 2.00 bits per heavy atom. The van der Waals surface area contributed by atoms with Crippen LogP contribution in [0.1, 0.15) is 36.8 Å². The number of para-hydroxylation sites is 1. The Hall–Kier alpha value is -2.37. The Morgan fingerprint density at radius 1 is 1.17 bits per heavy atom. The number of piperidine rings is 1. The van der Waals surface area contributed by atoms with Gasteiger partial charge in [-0.15, -0.1) is 0 Å². The van der Waals surface area contributed by atoms with Crippen LogP contribution in [0.4, 0.5) is 5.82 Å². The first-order chi connectivity index (χ1) is 14.7. The number of rotatable bonds is 9. The number of anilines is 1. The minimum absolute atomic E-state index is 0.290. The molecule has 0 aliphatic carbocycles. The van der Waals surface area contributed by atoms with Gasteiger partial charge in [0, 0.05) is 50.0 Å². The Morgan fingerprint density at radius 3 is 2.77 bits per heavy atom. The maximum atomic E-state index is 5.65. The summed E-state index contributed by atoms with van der Waals surface area (Å²) in [5.74, 6) is 1.10. The monoisotopic (exact) mass is 406 g/mol. The second kappa shape index (κ2) is 9.63. The average Bonchev–Trinajstić information content (AvgIpc) is 3.18. The van der Waals surface area contributed by atoms with Crippen molar-refractivity contribution in [3.8, 4) is 0 Å². The van der Waals surface area contributed by atoms with E-state index in [0.29, 0.717) is 5.41 Å². The molecule has 0 atom stereocenters. The van der Waals surface area contributed by atoms with E-state index in [0.717, 1.165) is 38.6 Å². The number of pyridine rings is 1. The molecule has 5 heteroatoms. The molecule has 1 fully saturated rings. The first kappa shape index (κ1) is 20.9. The van der Waals surface area contributed by atoms with Crippen molar-refractivity contribution >= 4 is 16.7 Å². The molecule has 1 aliphatic rings. The molecule has 0 radical (unpaired) electrons. The average molecular weight is 407 g/mol. The number of hydrogen-bond donors (Lipinski definition) is 2.